The number of halogens is 2. The van der Waals surface area contributed by atoms with Crippen molar-refractivity contribution in [1.29, 1.82) is 0 Å². The van der Waals surface area contributed by atoms with Crippen molar-refractivity contribution in [3.63, 3.8) is 0 Å². The molecule has 5 nitrogen and oxygen atoms in total. The monoisotopic (exact) mass is 356 g/mol. The van der Waals surface area contributed by atoms with E-state index in [1.54, 1.807) is 24.3 Å². The van der Waals surface area contributed by atoms with E-state index in [1.165, 1.54) is 37.2 Å². The van der Waals surface area contributed by atoms with Gasteiger partial charge in [-0.3, -0.25) is 10.1 Å². The lowest BCUT2D eigenvalue weighted by Crippen LogP contribution is -1.93. The summed E-state index contributed by atoms with van der Waals surface area (Å²) in [4.78, 5) is 16.4. The van der Waals surface area contributed by atoms with Gasteiger partial charge in [-0.1, -0.05) is 46.2 Å². The lowest BCUT2D eigenvalue weighted by molar-refractivity contribution is -0.384. The molecule has 0 spiro atoms. The highest BCUT2D eigenvalue weighted by Gasteiger charge is 2.14. The Morgan fingerprint density at radius 3 is 2.55 bits per heavy atom. The molecule has 0 amide bonds. The SMILES string of the molecule is CO/N=C\c1cc([N+](=O)[O-])ccc1Sc1c(Cl)cccc1Cl. The Balaban J connectivity index is 2.45. The highest BCUT2D eigenvalue weighted by atomic mass is 35.5. The molecule has 2 rings (SSSR count). The summed E-state index contributed by atoms with van der Waals surface area (Å²) < 4.78 is 0. The minimum atomic E-state index is -0.471. The van der Waals surface area contributed by atoms with Gasteiger partial charge in [0.15, 0.2) is 0 Å². The smallest absolute Gasteiger partial charge is 0.270 e. The Morgan fingerprint density at radius 1 is 1.27 bits per heavy atom. The molecule has 0 radical (unpaired) electrons. The van der Waals surface area contributed by atoms with Gasteiger partial charge in [0.1, 0.15) is 7.11 Å². The van der Waals surface area contributed by atoms with Crippen molar-refractivity contribution in [1.82, 2.24) is 0 Å². The van der Waals surface area contributed by atoms with Crippen LogP contribution in [0, 0.1) is 10.1 Å². The Labute approximate surface area is 141 Å². The lowest BCUT2D eigenvalue weighted by Gasteiger charge is -2.08. The summed E-state index contributed by atoms with van der Waals surface area (Å²) >= 11 is 13.6. The molecule has 22 heavy (non-hydrogen) atoms. The molecule has 0 atom stereocenters. The van der Waals surface area contributed by atoms with Gasteiger partial charge in [0.25, 0.3) is 5.69 Å². The number of nitro groups is 1. The number of nitro benzene ring substituents is 1. The van der Waals surface area contributed by atoms with Gasteiger partial charge in [-0.15, -0.1) is 0 Å². The number of nitrogens with zero attached hydrogens (tertiary/aromatic N) is 2. The van der Waals surface area contributed by atoms with Crippen molar-refractivity contribution >= 4 is 46.9 Å². The first kappa shape index (κ1) is 16.6. The fourth-order valence-corrected chi connectivity index (χ4v) is 3.19. The van der Waals surface area contributed by atoms with Gasteiger partial charge >= 0.3 is 0 Å². The van der Waals surface area contributed by atoms with Crippen LogP contribution in [-0.4, -0.2) is 18.2 Å². The molecule has 2 aromatic carbocycles. The zero-order valence-electron chi connectivity index (χ0n) is 11.3. The Bertz CT molecular complexity index is 718. The van der Waals surface area contributed by atoms with Crippen LogP contribution in [0.25, 0.3) is 0 Å². The fourth-order valence-electron chi connectivity index (χ4n) is 1.64. The molecule has 114 valence electrons. The predicted octanol–water partition coefficient (Wildman–Crippen LogP) is 5.03. The van der Waals surface area contributed by atoms with E-state index >= 15 is 0 Å². The van der Waals surface area contributed by atoms with E-state index < -0.39 is 4.92 Å². The first-order valence-electron chi connectivity index (χ1n) is 5.99. The Morgan fingerprint density at radius 2 is 1.95 bits per heavy atom. The van der Waals surface area contributed by atoms with Crippen LogP contribution in [0.3, 0.4) is 0 Å². The number of benzene rings is 2. The van der Waals surface area contributed by atoms with Crippen LogP contribution >= 0.6 is 35.0 Å². The van der Waals surface area contributed by atoms with Crippen molar-refractivity contribution in [3.8, 4) is 0 Å². The second-order valence-electron chi connectivity index (χ2n) is 4.05. The molecule has 0 aliphatic heterocycles. The Kier molecular flexibility index (Phi) is 5.65. The van der Waals surface area contributed by atoms with Crippen LogP contribution in [0.15, 0.2) is 51.3 Å². The third kappa shape index (κ3) is 3.91. The number of oxime groups is 1. The molecule has 2 aromatic rings. The number of rotatable bonds is 5. The maximum Gasteiger partial charge on any atom is 0.270 e. The average molecular weight is 357 g/mol. The second kappa shape index (κ2) is 7.49. The van der Waals surface area contributed by atoms with Crippen molar-refractivity contribution in [2.75, 3.05) is 7.11 Å². The van der Waals surface area contributed by atoms with Gasteiger partial charge in [-0.2, -0.15) is 0 Å². The maximum absolute atomic E-state index is 10.9. The quantitative estimate of drug-likeness (QED) is 0.428. The standard InChI is InChI=1S/C14H10Cl2N2O3S/c1-21-17-8-9-7-10(18(19)20)5-6-13(9)22-14-11(15)3-2-4-12(14)16/h2-8H,1H3/b17-8-. The second-order valence-corrected chi connectivity index (χ2v) is 5.92. The molecule has 0 saturated carbocycles. The van der Waals surface area contributed by atoms with E-state index in [9.17, 15) is 10.1 Å². The van der Waals surface area contributed by atoms with E-state index in [0.717, 1.165) is 4.90 Å². The minimum absolute atomic E-state index is 0.0350. The first-order valence-corrected chi connectivity index (χ1v) is 7.57. The lowest BCUT2D eigenvalue weighted by atomic mass is 10.2. The zero-order chi connectivity index (χ0) is 16.1. The number of hydrogen-bond donors (Lipinski definition) is 0. The molecule has 0 aliphatic carbocycles. The first-order chi connectivity index (χ1) is 10.5. The molecule has 0 N–H and O–H groups in total. The summed E-state index contributed by atoms with van der Waals surface area (Å²) in [7, 11) is 1.39. The van der Waals surface area contributed by atoms with E-state index in [1.807, 2.05) is 0 Å². The molecular formula is C14H10Cl2N2O3S. The summed E-state index contributed by atoms with van der Waals surface area (Å²) in [5.41, 5.74) is 0.504. The summed E-state index contributed by atoms with van der Waals surface area (Å²) in [6.45, 7) is 0. The van der Waals surface area contributed by atoms with Crippen LogP contribution in [-0.2, 0) is 4.84 Å². The van der Waals surface area contributed by atoms with Crippen molar-refractivity contribution < 1.29 is 9.76 Å². The number of hydrogen-bond acceptors (Lipinski definition) is 5. The summed E-state index contributed by atoms with van der Waals surface area (Å²) in [5, 5.41) is 15.6. The molecule has 0 aromatic heterocycles. The van der Waals surface area contributed by atoms with Crippen molar-refractivity contribution in [2.45, 2.75) is 9.79 Å². The molecular weight excluding hydrogens is 347 g/mol. The topological polar surface area (TPSA) is 64.7 Å². The summed E-state index contributed by atoms with van der Waals surface area (Å²) in [5.74, 6) is 0. The molecule has 0 aliphatic rings. The van der Waals surface area contributed by atoms with Crippen LogP contribution in [0.4, 0.5) is 5.69 Å². The fraction of sp³-hybridized carbons (Fsp3) is 0.0714. The van der Waals surface area contributed by atoms with Crippen molar-refractivity contribution in [3.05, 3.63) is 62.1 Å². The minimum Gasteiger partial charge on any atom is -0.399 e. The zero-order valence-corrected chi connectivity index (χ0v) is 13.7. The highest BCUT2D eigenvalue weighted by Crippen LogP contribution is 2.40. The van der Waals surface area contributed by atoms with E-state index in [2.05, 4.69) is 9.99 Å². The maximum atomic E-state index is 10.9. The molecule has 0 bridgehead atoms. The predicted molar refractivity (Wildman–Crippen MR) is 88.3 cm³/mol. The molecule has 0 heterocycles. The van der Waals surface area contributed by atoms with Crippen LogP contribution in [0.1, 0.15) is 5.56 Å². The van der Waals surface area contributed by atoms with Gasteiger partial charge in [-0.25, -0.2) is 0 Å². The molecule has 8 heteroatoms. The van der Waals surface area contributed by atoms with E-state index in [0.29, 0.717) is 20.5 Å². The average Bonchev–Trinajstić information content (AvgIpc) is 2.49. The van der Waals surface area contributed by atoms with Crippen molar-refractivity contribution in [2.24, 2.45) is 5.16 Å². The van der Waals surface area contributed by atoms with Crippen LogP contribution < -0.4 is 0 Å². The van der Waals surface area contributed by atoms with Crippen LogP contribution in [0.2, 0.25) is 10.0 Å². The third-order valence-electron chi connectivity index (χ3n) is 2.63. The Hall–Kier alpha value is -1.76. The highest BCUT2D eigenvalue weighted by molar-refractivity contribution is 7.99. The van der Waals surface area contributed by atoms with E-state index in [-0.39, 0.29) is 5.69 Å². The van der Waals surface area contributed by atoms with Gasteiger partial charge in [0, 0.05) is 27.5 Å². The van der Waals surface area contributed by atoms with Gasteiger partial charge in [-0.05, 0) is 18.2 Å². The van der Waals surface area contributed by atoms with Gasteiger partial charge in [0.05, 0.1) is 21.2 Å². The largest absolute Gasteiger partial charge is 0.399 e. The third-order valence-corrected chi connectivity index (χ3v) is 4.72. The summed E-state index contributed by atoms with van der Waals surface area (Å²) in [6, 6.07) is 9.65. The number of non-ortho nitro benzene ring substituents is 1. The van der Waals surface area contributed by atoms with Gasteiger partial charge in [0.2, 0.25) is 0 Å². The molecule has 0 saturated heterocycles. The van der Waals surface area contributed by atoms with Gasteiger partial charge < -0.3 is 4.84 Å². The van der Waals surface area contributed by atoms with Crippen LogP contribution in [0.5, 0.6) is 0 Å². The molecule has 0 fully saturated rings. The van der Waals surface area contributed by atoms with E-state index in [4.69, 9.17) is 23.2 Å². The molecule has 0 unspecified atom stereocenters. The normalized spacial score (nSPS) is 10.9. The summed E-state index contributed by atoms with van der Waals surface area (Å²) in [6.07, 6.45) is 1.40.